The van der Waals surface area contributed by atoms with Crippen LogP contribution in [-0.2, 0) is 22.7 Å². The highest BCUT2D eigenvalue weighted by Crippen LogP contribution is 2.21. The number of nitrogens with one attached hydrogen (secondary N) is 2. The van der Waals surface area contributed by atoms with Crippen molar-refractivity contribution in [1.82, 2.24) is 30.9 Å². The van der Waals surface area contributed by atoms with Crippen LogP contribution in [0.5, 0.6) is 0 Å². The normalized spacial score (nSPS) is 11.4. The van der Waals surface area contributed by atoms with Crippen molar-refractivity contribution in [1.29, 1.82) is 0 Å². The Morgan fingerprint density at radius 1 is 0.917 bits per heavy atom. The fourth-order valence-electron chi connectivity index (χ4n) is 3.32. The molecular weight excluding hydrogens is 462 g/mol. The second kappa shape index (κ2) is 12.1. The number of carbonyl (C=O) groups excluding carboxylic acids is 2. The summed E-state index contributed by atoms with van der Waals surface area (Å²) in [6.07, 6.45) is -0.840. The zero-order valence-corrected chi connectivity index (χ0v) is 19.3. The Labute approximate surface area is 207 Å². The molecule has 0 bridgehead atoms. The molecule has 0 aliphatic heterocycles. The maximum absolute atomic E-state index is 13.1. The van der Waals surface area contributed by atoms with E-state index in [1.54, 1.807) is 36.4 Å². The van der Waals surface area contributed by atoms with Gasteiger partial charge in [-0.25, -0.2) is 14.5 Å². The number of hydrogen-bond acceptors (Lipinski definition) is 8. The number of ether oxygens (including phenoxy) is 1. The van der Waals surface area contributed by atoms with Crippen molar-refractivity contribution < 1.29 is 19.4 Å². The average molecular weight is 488 g/mol. The number of alkyl carbamates (subject to hydrolysis) is 1. The topological polar surface area (TPSA) is 134 Å². The first-order chi connectivity index (χ1) is 17.6. The third kappa shape index (κ3) is 6.42. The van der Waals surface area contributed by atoms with E-state index in [1.807, 2.05) is 54.6 Å². The van der Waals surface area contributed by atoms with Gasteiger partial charge in [-0.15, -0.1) is 0 Å². The van der Waals surface area contributed by atoms with E-state index in [4.69, 9.17) is 4.74 Å². The monoisotopic (exact) mass is 487 g/mol. The van der Waals surface area contributed by atoms with Crippen LogP contribution >= 0.6 is 0 Å². The summed E-state index contributed by atoms with van der Waals surface area (Å²) in [5, 5.41) is 25.5. The van der Waals surface area contributed by atoms with Gasteiger partial charge >= 0.3 is 6.09 Å². The van der Waals surface area contributed by atoms with Gasteiger partial charge < -0.3 is 15.2 Å². The van der Waals surface area contributed by atoms with Crippen LogP contribution in [0.4, 0.5) is 16.4 Å². The number of hydrazine groups is 1. The summed E-state index contributed by atoms with van der Waals surface area (Å²) in [4.78, 5) is 25.3. The van der Waals surface area contributed by atoms with Crippen LogP contribution in [0, 0.1) is 0 Å². The largest absolute Gasteiger partial charge is 0.445 e. The Kier molecular flexibility index (Phi) is 8.18. The van der Waals surface area contributed by atoms with Gasteiger partial charge in [-0.1, -0.05) is 84.0 Å². The minimum absolute atomic E-state index is 0.0246. The van der Waals surface area contributed by atoms with E-state index in [-0.39, 0.29) is 12.6 Å². The van der Waals surface area contributed by atoms with Crippen LogP contribution in [0.1, 0.15) is 11.1 Å². The van der Waals surface area contributed by atoms with Gasteiger partial charge in [0.05, 0.1) is 18.8 Å². The second-order valence-electron chi connectivity index (χ2n) is 7.71. The highest BCUT2D eigenvalue weighted by atomic mass is 16.5. The molecule has 0 aliphatic carbocycles. The summed E-state index contributed by atoms with van der Waals surface area (Å²) in [5.41, 5.74) is 5.01. The molecule has 0 unspecified atom stereocenters. The lowest BCUT2D eigenvalue weighted by molar-refractivity contribution is -0.124. The van der Waals surface area contributed by atoms with Crippen LogP contribution in [0.3, 0.4) is 0 Å². The Balaban J connectivity index is 1.48. The fraction of sp³-hybridized carbons (Fsp3) is 0.160. The molecule has 0 aliphatic rings. The molecule has 0 saturated carbocycles. The number of anilines is 2. The molecule has 1 aromatic heterocycles. The molecule has 11 heteroatoms. The Morgan fingerprint density at radius 2 is 1.53 bits per heavy atom. The molecule has 3 aromatic carbocycles. The molecule has 4 rings (SSSR count). The number of aromatic nitrogens is 4. The molecule has 184 valence electrons. The van der Waals surface area contributed by atoms with E-state index in [1.165, 1.54) is 9.69 Å². The number of aliphatic hydroxyl groups excluding tert-OH is 1. The molecule has 0 saturated heterocycles. The van der Waals surface area contributed by atoms with E-state index in [0.29, 0.717) is 12.2 Å². The van der Waals surface area contributed by atoms with E-state index >= 15 is 0 Å². The maximum atomic E-state index is 13.1. The maximum Gasteiger partial charge on any atom is 0.408 e. The summed E-state index contributed by atoms with van der Waals surface area (Å²) in [6, 6.07) is 26.4. The summed E-state index contributed by atoms with van der Waals surface area (Å²) in [6.45, 7) is -0.267. The number of tetrazole rings is 1. The van der Waals surface area contributed by atoms with Crippen molar-refractivity contribution in [3.05, 3.63) is 102 Å². The van der Waals surface area contributed by atoms with E-state index in [9.17, 15) is 14.7 Å². The Hall–Kier alpha value is -4.77. The lowest BCUT2D eigenvalue weighted by Crippen LogP contribution is -2.53. The van der Waals surface area contributed by atoms with Gasteiger partial charge in [0.2, 0.25) is 0 Å². The van der Waals surface area contributed by atoms with Gasteiger partial charge in [0, 0.05) is 0 Å². The Bertz CT molecular complexity index is 1250. The molecule has 36 heavy (non-hydrogen) atoms. The lowest BCUT2D eigenvalue weighted by Gasteiger charge is -2.26. The molecule has 1 atom stereocenters. The van der Waals surface area contributed by atoms with Gasteiger partial charge in [-0.2, -0.15) is 0 Å². The lowest BCUT2D eigenvalue weighted by atomic mass is 10.2. The van der Waals surface area contributed by atoms with Crippen LogP contribution in [0.25, 0.3) is 0 Å². The molecule has 4 aromatic rings. The SMILES string of the molecule is O=C(N[C@@H](CO)C(=O)NN(c1ccccc1)c1nnnn1Cc1ccccc1)OCc1ccccc1. The first kappa shape index (κ1) is 24.4. The number of rotatable bonds is 10. The molecule has 3 N–H and O–H groups in total. The quantitative estimate of drug-likeness (QED) is 0.290. The van der Waals surface area contributed by atoms with E-state index in [2.05, 4.69) is 26.3 Å². The number of aliphatic hydroxyl groups is 1. The van der Waals surface area contributed by atoms with Crippen molar-refractivity contribution in [3.63, 3.8) is 0 Å². The van der Waals surface area contributed by atoms with Gasteiger partial charge in [0.1, 0.15) is 12.6 Å². The minimum Gasteiger partial charge on any atom is -0.445 e. The van der Waals surface area contributed by atoms with Crippen molar-refractivity contribution in [2.45, 2.75) is 19.2 Å². The number of nitrogens with zero attached hydrogens (tertiary/aromatic N) is 5. The van der Waals surface area contributed by atoms with Gasteiger partial charge in [0.15, 0.2) is 0 Å². The van der Waals surface area contributed by atoms with E-state index < -0.39 is 24.6 Å². The molecule has 0 radical (unpaired) electrons. The van der Waals surface area contributed by atoms with Crippen molar-refractivity contribution in [2.24, 2.45) is 0 Å². The predicted octanol–water partition coefficient (Wildman–Crippen LogP) is 2.18. The van der Waals surface area contributed by atoms with Gasteiger partial charge in [-0.05, 0) is 33.7 Å². The van der Waals surface area contributed by atoms with Gasteiger partial charge in [-0.3, -0.25) is 10.2 Å². The average Bonchev–Trinajstić information content (AvgIpc) is 3.38. The zero-order chi connectivity index (χ0) is 25.2. The molecule has 2 amide bonds. The van der Waals surface area contributed by atoms with Crippen molar-refractivity contribution >= 4 is 23.6 Å². The molecule has 0 spiro atoms. The summed E-state index contributed by atoms with van der Waals surface area (Å²) < 4.78 is 6.69. The summed E-state index contributed by atoms with van der Waals surface area (Å²) in [5.74, 6) is -0.450. The van der Waals surface area contributed by atoms with Crippen LogP contribution in [-0.4, -0.2) is 50.0 Å². The smallest absolute Gasteiger partial charge is 0.408 e. The summed E-state index contributed by atoms with van der Waals surface area (Å²) in [7, 11) is 0. The number of hydrogen-bond donors (Lipinski definition) is 3. The van der Waals surface area contributed by atoms with Crippen molar-refractivity contribution in [2.75, 3.05) is 11.6 Å². The predicted molar refractivity (Wildman–Crippen MR) is 131 cm³/mol. The van der Waals surface area contributed by atoms with Crippen LogP contribution < -0.4 is 15.8 Å². The number of para-hydroxylation sites is 1. The van der Waals surface area contributed by atoms with Crippen LogP contribution in [0.2, 0.25) is 0 Å². The number of amides is 2. The first-order valence-electron chi connectivity index (χ1n) is 11.2. The Morgan fingerprint density at radius 3 is 2.17 bits per heavy atom. The zero-order valence-electron chi connectivity index (χ0n) is 19.3. The highest BCUT2D eigenvalue weighted by molar-refractivity contribution is 5.87. The molecular formula is C25H25N7O4. The molecule has 11 nitrogen and oxygen atoms in total. The fourth-order valence-corrected chi connectivity index (χ4v) is 3.32. The number of carbonyl (C=O) groups is 2. The first-order valence-corrected chi connectivity index (χ1v) is 11.2. The number of benzene rings is 3. The van der Waals surface area contributed by atoms with Gasteiger partial charge in [0.25, 0.3) is 11.9 Å². The highest BCUT2D eigenvalue weighted by Gasteiger charge is 2.26. The molecule has 0 fully saturated rings. The third-order valence-electron chi connectivity index (χ3n) is 5.13. The van der Waals surface area contributed by atoms with Crippen molar-refractivity contribution in [3.8, 4) is 0 Å². The van der Waals surface area contributed by atoms with E-state index in [0.717, 1.165) is 11.1 Å². The standard InChI is InChI=1S/C25H25N7O4/c33-17-22(26-25(35)36-18-20-12-6-2-7-13-20)23(34)28-32(21-14-8-3-9-15-21)24-27-29-30-31(24)16-19-10-4-1-5-11-19/h1-15,22,33H,16-18H2,(H,26,35)(H,28,34)/t22-/m0/s1. The second-order valence-corrected chi connectivity index (χ2v) is 7.71. The minimum atomic E-state index is -1.28. The summed E-state index contributed by atoms with van der Waals surface area (Å²) >= 11 is 0. The third-order valence-corrected chi connectivity index (χ3v) is 5.13. The molecule has 1 heterocycles. The van der Waals surface area contributed by atoms with Crippen LogP contribution in [0.15, 0.2) is 91.0 Å².